The van der Waals surface area contributed by atoms with E-state index in [-0.39, 0.29) is 29.5 Å². The summed E-state index contributed by atoms with van der Waals surface area (Å²) >= 11 is 0. The molecule has 4 nitrogen and oxygen atoms in total. The van der Waals surface area contributed by atoms with Crippen molar-refractivity contribution in [1.82, 2.24) is 4.31 Å². The van der Waals surface area contributed by atoms with E-state index in [0.29, 0.717) is 11.8 Å². The van der Waals surface area contributed by atoms with Crippen molar-refractivity contribution >= 4 is 16.9 Å². The Morgan fingerprint density at radius 3 is 2.52 bits per heavy atom. The molecule has 0 aromatic heterocycles. The second kappa shape index (κ2) is 5.43. The molecule has 3 rings (SSSR count). The van der Waals surface area contributed by atoms with Gasteiger partial charge >= 0.3 is 6.92 Å². The molecule has 0 aromatic rings. The maximum absolute atomic E-state index is 13.0. The van der Waals surface area contributed by atoms with Gasteiger partial charge in [-0.25, -0.2) is 12.7 Å². The highest BCUT2D eigenvalue weighted by atomic mass is 32.2. The van der Waals surface area contributed by atoms with Crippen LogP contribution in [-0.2, 0) is 14.7 Å². The van der Waals surface area contributed by atoms with E-state index in [1.54, 1.807) is 4.31 Å². The summed E-state index contributed by atoms with van der Waals surface area (Å²) in [6.45, 7) is 10.7. The van der Waals surface area contributed by atoms with Crippen molar-refractivity contribution in [3.05, 3.63) is 12.0 Å². The first-order chi connectivity index (χ1) is 10.7. The van der Waals surface area contributed by atoms with Gasteiger partial charge < -0.3 is 4.65 Å². The molecule has 0 aromatic carbocycles. The first-order valence-corrected chi connectivity index (χ1v) is 10.7. The van der Waals surface area contributed by atoms with Crippen molar-refractivity contribution in [2.75, 3.05) is 5.75 Å². The summed E-state index contributed by atoms with van der Waals surface area (Å²) in [6.07, 6.45) is 6.82. The van der Waals surface area contributed by atoms with Crippen molar-refractivity contribution in [2.24, 2.45) is 16.7 Å². The van der Waals surface area contributed by atoms with Crippen LogP contribution in [0.2, 0.25) is 12.6 Å². The first kappa shape index (κ1) is 17.2. The summed E-state index contributed by atoms with van der Waals surface area (Å²) < 4.78 is 33.8. The second-order valence-corrected chi connectivity index (χ2v) is 9.95. The average Bonchev–Trinajstić information content (AvgIpc) is 2.97. The molecule has 3 aliphatic rings. The van der Waals surface area contributed by atoms with Crippen LogP contribution in [0.25, 0.3) is 0 Å². The van der Waals surface area contributed by atoms with E-state index >= 15 is 0 Å². The molecule has 23 heavy (non-hydrogen) atoms. The summed E-state index contributed by atoms with van der Waals surface area (Å²) in [4.78, 5) is 0. The molecule has 3 atom stereocenters. The zero-order valence-electron chi connectivity index (χ0n) is 15.1. The Labute approximate surface area is 141 Å². The summed E-state index contributed by atoms with van der Waals surface area (Å²) in [6, 6.07) is 0.0850. The van der Waals surface area contributed by atoms with Crippen LogP contribution < -0.4 is 0 Å². The van der Waals surface area contributed by atoms with E-state index in [9.17, 15) is 8.42 Å². The number of rotatable bonds is 5. The van der Waals surface area contributed by atoms with Gasteiger partial charge in [0, 0.05) is 5.41 Å². The predicted molar refractivity (Wildman–Crippen MR) is 94.5 cm³/mol. The largest absolute Gasteiger partial charge is 0.549 e. The molecule has 1 aliphatic heterocycles. The molecule has 1 saturated heterocycles. The van der Waals surface area contributed by atoms with E-state index in [0.717, 1.165) is 25.5 Å². The standard InChI is InChI=1S/C17H30BNO3S/c1-6-15(22-18(7-2)8-3)19-14-11-13-9-10-17(14,16(13,4)5)12-23(19,20)21/h6,13-14H,7-12H2,1-5H3/b15-6-/t13-,14-,17-/m1/s1. The van der Waals surface area contributed by atoms with Crippen molar-refractivity contribution in [3.8, 4) is 0 Å². The van der Waals surface area contributed by atoms with Gasteiger partial charge in [0.25, 0.3) is 0 Å². The van der Waals surface area contributed by atoms with Crippen LogP contribution in [0.5, 0.6) is 0 Å². The normalized spacial score (nSPS) is 37.1. The van der Waals surface area contributed by atoms with Crippen LogP contribution in [-0.4, -0.2) is 31.4 Å². The van der Waals surface area contributed by atoms with E-state index in [1.165, 1.54) is 6.42 Å². The number of allylic oxidation sites excluding steroid dienone is 1. The van der Waals surface area contributed by atoms with Gasteiger partial charge in [-0.2, -0.15) is 0 Å². The van der Waals surface area contributed by atoms with Crippen molar-refractivity contribution in [3.63, 3.8) is 0 Å². The van der Waals surface area contributed by atoms with Crippen molar-refractivity contribution < 1.29 is 13.1 Å². The van der Waals surface area contributed by atoms with Crippen LogP contribution in [0.3, 0.4) is 0 Å². The molecule has 3 fully saturated rings. The zero-order chi connectivity index (χ0) is 17.0. The van der Waals surface area contributed by atoms with E-state index in [4.69, 9.17) is 4.65 Å². The minimum Gasteiger partial charge on any atom is -0.549 e. The molecular weight excluding hydrogens is 309 g/mol. The Hall–Kier alpha value is -0.645. The zero-order valence-corrected chi connectivity index (χ0v) is 15.9. The Morgan fingerprint density at radius 1 is 1.35 bits per heavy atom. The number of hydrogen-bond acceptors (Lipinski definition) is 3. The molecule has 1 heterocycles. The Balaban J connectivity index is 1.97. The number of fused-ring (bicyclic) bond motifs is 1. The topological polar surface area (TPSA) is 46.6 Å². The van der Waals surface area contributed by atoms with Crippen molar-refractivity contribution in [2.45, 2.75) is 72.6 Å². The smallest absolute Gasteiger partial charge is 0.359 e. The molecule has 2 saturated carbocycles. The van der Waals surface area contributed by atoms with Gasteiger partial charge in [-0.05, 0) is 56.2 Å². The number of sulfonamides is 1. The highest BCUT2D eigenvalue weighted by molar-refractivity contribution is 7.89. The third kappa shape index (κ3) is 2.20. The van der Waals surface area contributed by atoms with Crippen LogP contribution in [0.4, 0.5) is 0 Å². The summed E-state index contributed by atoms with van der Waals surface area (Å²) in [5.41, 5.74) is 0.00922. The van der Waals surface area contributed by atoms with Gasteiger partial charge in [-0.3, -0.25) is 0 Å². The Morgan fingerprint density at radius 2 is 2.00 bits per heavy atom. The molecule has 0 radical (unpaired) electrons. The van der Waals surface area contributed by atoms with Gasteiger partial charge in [-0.15, -0.1) is 0 Å². The van der Waals surface area contributed by atoms with E-state index in [2.05, 4.69) is 27.7 Å². The summed E-state index contributed by atoms with van der Waals surface area (Å²) in [5, 5.41) is 0. The molecule has 6 heteroatoms. The fourth-order valence-electron chi connectivity index (χ4n) is 5.45. The molecule has 0 unspecified atom stereocenters. The number of nitrogens with zero attached hydrogens (tertiary/aromatic N) is 1. The van der Waals surface area contributed by atoms with Gasteiger partial charge in [0.15, 0.2) is 5.88 Å². The van der Waals surface area contributed by atoms with E-state index in [1.807, 2.05) is 13.0 Å². The average molecular weight is 339 g/mol. The third-order valence-electron chi connectivity index (χ3n) is 7.07. The highest BCUT2D eigenvalue weighted by Gasteiger charge is 2.72. The Bertz CT molecular complexity index is 611. The molecular formula is C17H30BNO3S. The minimum atomic E-state index is -3.29. The fraction of sp³-hybridized carbons (Fsp3) is 0.882. The molecule has 0 N–H and O–H groups in total. The fourth-order valence-corrected chi connectivity index (χ4v) is 8.05. The summed E-state index contributed by atoms with van der Waals surface area (Å²) in [7, 11) is -3.29. The molecule has 0 amide bonds. The molecule has 130 valence electrons. The Kier molecular flexibility index (Phi) is 4.06. The SMILES string of the molecule is C/C=C(\OB(CC)CC)N1[C@@H]2C[C@H]3CC[C@]2(CS1(=O)=O)C3(C)C. The third-order valence-corrected chi connectivity index (χ3v) is 8.99. The summed E-state index contributed by atoms with van der Waals surface area (Å²) in [5.74, 6) is 1.48. The van der Waals surface area contributed by atoms with E-state index < -0.39 is 10.0 Å². The van der Waals surface area contributed by atoms with Crippen LogP contribution >= 0.6 is 0 Å². The number of hydrogen-bond donors (Lipinski definition) is 0. The minimum absolute atomic E-state index is 0.0829. The lowest BCUT2D eigenvalue weighted by molar-refractivity contribution is 0.109. The maximum Gasteiger partial charge on any atom is 0.359 e. The first-order valence-electron chi connectivity index (χ1n) is 9.08. The second-order valence-electron chi connectivity index (χ2n) is 8.10. The molecule has 2 bridgehead atoms. The van der Waals surface area contributed by atoms with Gasteiger partial charge in [0.2, 0.25) is 10.0 Å². The maximum atomic E-state index is 13.0. The quantitative estimate of drug-likeness (QED) is 0.566. The monoisotopic (exact) mass is 339 g/mol. The lowest BCUT2D eigenvalue weighted by Crippen LogP contribution is -2.42. The highest BCUT2D eigenvalue weighted by Crippen LogP contribution is 2.70. The predicted octanol–water partition coefficient (Wildman–Crippen LogP) is 3.74. The van der Waals surface area contributed by atoms with Crippen molar-refractivity contribution in [1.29, 1.82) is 0 Å². The lowest BCUT2D eigenvalue weighted by Gasteiger charge is -2.38. The van der Waals surface area contributed by atoms with Gasteiger partial charge in [-0.1, -0.05) is 27.7 Å². The van der Waals surface area contributed by atoms with Crippen LogP contribution in [0.15, 0.2) is 12.0 Å². The molecule has 2 aliphatic carbocycles. The van der Waals surface area contributed by atoms with Crippen LogP contribution in [0.1, 0.15) is 53.9 Å². The van der Waals surface area contributed by atoms with Gasteiger partial charge in [0.05, 0.1) is 11.8 Å². The van der Waals surface area contributed by atoms with Gasteiger partial charge in [0.1, 0.15) is 0 Å². The molecule has 1 spiro atoms. The lowest BCUT2D eigenvalue weighted by atomic mass is 9.62. The van der Waals surface area contributed by atoms with Crippen LogP contribution in [0, 0.1) is 16.7 Å².